The molecule has 0 aliphatic heterocycles. The maximum Gasteiger partial charge on any atom is 0.0411 e. The van der Waals surface area contributed by atoms with Crippen LogP contribution < -0.4 is 5.32 Å². The molecule has 1 aliphatic carbocycles. The molecule has 0 aromatic heterocycles. The molecule has 19 heavy (non-hydrogen) atoms. The molecule has 0 bridgehead atoms. The van der Waals surface area contributed by atoms with E-state index in [2.05, 4.69) is 31.3 Å². The third-order valence-electron chi connectivity index (χ3n) is 4.21. The number of rotatable bonds is 5. The third kappa shape index (κ3) is 4.50. The van der Waals surface area contributed by atoms with Crippen LogP contribution in [0.25, 0.3) is 0 Å². The fourth-order valence-corrected chi connectivity index (χ4v) is 3.60. The normalized spacial score (nSPS) is 18.5. The van der Waals surface area contributed by atoms with Crippen LogP contribution in [0.1, 0.15) is 62.6 Å². The van der Waals surface area contributed by atoms with Crippen LogP contribution in [0.5, 0.6) is 0 Å². The third-order valence-corrected chi connectivity index (χ3v) is 4.43. The quantitative estimate of drug-likeness (QED) is 0.774. The lowest BCUT2D eigenvalue weighted by Crippen LogP contribution is -2.24. The zero-order chi connectivity index (χ0) is 13.7. The molecule has 0 spiro atoms. The molecule has 1 atom stereocenters. The SMILES string of the molecule is CCNC(CC1CCCCC1)c1cc(C)cc(Cl)c1. The largest absolute Gasteiger partial charge is 0.310 e. The van der Waals surface area contributed by atoms with Crippen LogP contribution in [0.15, 0.2) is 18.2 Å². The van der Waals surface area contributed by atoms with E-state index in [1.54, 1.807) is 0 Å². The molecule has 1 aromatic carbocycles. The zero-order valence-electron chi connectivity index (χ0n) is 12.2. The fourth-order valence-electron chi connectivity index (χ4n) is 3.31. The number of hydrogen-bond donors (Lipinski definition) is 1. The molecule has 2 rings (SSSR count). The number of benzene rings is 1. The van der Waals surface area contributed by atoms with E-state index < -0.39 is 0 Å². The highest BCUT2D eigenvalue weighted by Gasteiger charge is 2.20. The van der Waals surface area contributed by atoms with Gasteiger partial charge in [0.2, 0.25) is 0 Å². The molecule has 1 nitrogen and oxygen atoms in total. The minimum absolute atomic E-state index is 0.463. The van der Waals surface area contributed by atoms with Crippen LogP contribution in [0, 0.1) is 12.8 Å². The van der Waals surface area contributed by atoms with Crippen LogP contribution >= 0.6 is 11.6 Å². The molecule has 0 heterocycles. The second kappa shape index (κ2) is 7.31. The highest BCUT2D eigenvalue weighted by atomic mass is 35.5. The van der Waals surface area contributed by atoms with E-state index in [0.29, 0.717) is 6.04 Å². The van der Waals surface area contributed by atoms with Crippen molar-refractivity contribution in [3.05, 3.63) is 34.3 Å². The first-order chi connectivity index (χ1) is 9.19. The lowest BCUT2D eigenvalue weighted by molar-refractivity contribution is 0.301. The van der Waals surface area contributed by atoms with Crippen molar-refractivity contribution >= 4 is 11.6 Å². The highest BCUT2D eigenvalue weighted by molar-refractivity contribution is 6.30. The van der Waals surface area contributed by atoms with Gasteiger partial charge in [-0.15, -0.1) is 0 Å². The predicted octanol–water partition coefficient (Wildman–Crippen LogP) is 5.27. The molecule has 1 fully saturated rings. The molecule has 1 aliphatic rings. The van der Waals surface area contributed by atoms with Gasteiger partial charge in [0.25, 0.3) is 0 Å². The lowest BCUT2D eigenvalue weighted by Gasteiger charge is -2.27. The van der Waals surface area contributed by atoms with Crippen LogP contribution in [0.2, 0.25) is 5.02 Å². The number of halogens is 1. The van der Waals surface area contributed by atoms with Crippen molar-refractivity contribution in [2.75, 3.05) is 6.54 Å². The Morgan fingerprint density at radius 2 is 1.95 bits per heavy atom. The second-order valence-corrected chi connectivity index (χ2v) is 6.35. The summed E-state index contributed by atoms with van der Waals surface area (Å²) in [6, 6.07) is 6.91. The second-order valence-electron chi connectivity index (χ2n) is 5.91. The van der Waals surface area contributed by atoms with Crippen molar-refractivity contribution in [1.29, 1.82) is 0 Å². The smallest absolute Gasteiger partial charge is 0.0411 e. The highest BCUT2D eigenvalue weighted by Crippen LogP contribution is 2.32. The van der Waals surface area contributed by atoms with E-state index in [0.717, 1.165) is 17.5 Å². The van der Waals surface area contributed by atoms with Crippen molar-refractivity contribution in [1.82, 2.24) is 5.32 Å². The molecule has 1 saturated carbocycles. The molecular formula is C17H26ClN. The Bertz CT molecular complexity index is 376. The van der Waals surface area contributed by atoms with Gasteiger partial charge in [-0.05, 0) is 49.1 Å². The van der Waals surface area contributed by atoms with Crippen LogP contribution in [0.3, 0.4) is 0 Å². The van der Waals surface area contributed by atoms with Gasteiger partial charge in [0.15, 0.2) is 0 Å². The average Bonchev–Trinajstić information content (AvgIpc) is 2.38. The minimum Gasteiger partial charge on any atom is -0.310 e. The molecule has 0 amide bonds. The molecule has 0 radical (unpaired) electrons. The molecule has 1 N–H and O–H groups in total. The van der Waals surface area contributed by atoms with Crippen molar-refractivity contribution in [2.24, 2.45) is 5.92 Å². The zero-order valence-corrected chi connectivity index (χ0v) is 13.0. The Hall–Kier alpha value is -0.530. The maximum absolute atomic E-state index is 6.21. The minimum atomic E-state index is 0.463. The van der Waals surface area contributed by atoms with Crippen molar-refractivity contribution in [3.8, 4) is 0 Å². The molecule has 106 valence electrons. The topological polar surface area (TPSA) is 12.0 Å². The van der Waals surface area contributed by atoms with Gasteiger partial charge >= 0.3 is 0 Å². The van der Waals surface area contributed by atoms with Crippen molar-refractivity contribution < 1.29 is 0 Å². The molecule has 1 unspecified atom stereocenters. The first kappa shape index (κ1) is 14.9. The van der Waals surface area contributed by atoms with Gasteiger partial charge in [0, 0.05) is 11.1 Å². The van der Waals surface area contributed by atoms with Gasteiger partial charge in [0.05, 0.1) is 0 Å². The van der Waals surface area contributed by atoms with Crippen LogP contribution in [0.4, 0.5) is 0 Å². The van der Waals surface area contributed by atoms with Gasteiger partial charge in [-0.3, -0.25) is 0 Å². The summed E-state index contributed by atoms with van der Waals surface area (Å²) >= 11 is 6.21. The lowest BCUT2D eigenvalue weighted by atomic mass is 9.83. The Morgan fingerprint density at radius 3 is 2.58 bits per heavy atom. The first-order valence-corrected chi connectivity index (χ1v) is 8.07. The summed E-state index contributed by atoms with van der Waals surface area (Å²) in [4.78, 5) is 0. The van der Waals surface area contributed by atoms with E-state index in [1.807, 2.05) is 6.07 Å². The Morgan fingerprint density at radius 1 is 1.21 bits per heavy atom. The van der Waals surface area contributed by atoms with Crippen molar-refractivity contribution in [2.45, 2.75) is 58.4 Å². The monoisotopic (exact) mass is 279 g/mol. The van der Waals surface area contributed by atoms with E-state index in [-0.39, 0.29) is 0 Å². The van der Waals surface area contributed by atoms with E-state index in [9.17, 15) is 0 Å². The standard InChI is InChI=1S/C17H26ClN/c1-3-19-17(11-14-7-5-4-6-8-14)15-9-13(2)10-16(18)12-15/h9-10,12,14,17,19H,3-8,11H2,1-2H3. The summed E-state index contributed by atoms with van der Waals surface area (Å²) in [5.41, 5.74) is 2.62. The van der Waals surface area contributed by atoms with Gasteiger partial charge in [-0.2, -0.15) is 0 Å². The van der Waals surface area contributed by atoms with Gasteiger partial charge in [-0.1, -0.05) is 56.7 Å². The predicted molar refractivity (Wildman–Crippen MR) is 83.8 cm³/mol. The summed E-state index contributed by atoms with van der Waals surface area (Å²) in [5.74, 6) is 0.886. The van der Waals surface area contributed by atoms with Gasteiger partial charge in [-0.25, -0.2) is 0 Å². The summed E-state index contributed by atoms with van der Waals surface area (Å²) in [5, 5.41) is 4.50. The van der Waals surface area contributed by atoms with Gasteiger partial charge < -0.3 is 5.32 Å². The van der Waals surface area contributed by atoms with E-state index >= 15 is 0 Å². The summed E-state index contributed by atoms with van der Waals surface area (Å²) in [6.45, 7) is 5.33. The fraction of sp³-hybridized carbons (Fsp3) is 0.647. The molecular weight excluding hydrogens is 254 g/mol. The summed E-state index contributed by atoms with van der Waals surface area (Å²) in [6.07, 6.45) is 8.32. The Kier molecular flexibility index (Phi) is 5.72. The molecule has 2 heteroatoms. The summed E-state index contributed by atoms with van der Waals surface area (Å²) < 4.78 is 0. The van der Waals surface area contributed by atoms with Crippen molar-refractivity contribution in [3.63, 3.8) is 0 Å². The summed E-state index contributed by atoms with van der Waals surface area (Å²) in [7, 11) is 0. The Balaban J connectivity index is 2.09. The Labute approximate surface area is 122 Å². The number of nitrogens with one attached hydrogen (secondary N) is 1. The molecule has 1 aromatic rings. The molecule has 0 saturated heterocycles. The average molecular weight is 280 g/mol. The first-order valence-electron chi connectivity index (χ1n) is 7.69. The van der Waals surface area contributed by atoms with E-state index in [1.165, 1.54) is 49.7 Å². The maximum atomic E-state index is 6.21. The number of hydrogen-bond acceptors (Lipinski definition) is 1. The van der Waals surface area contributed by atoms with Crippen LogP contribution in [-0.2, 0) is 0 Å². The van der Waals surface area contributed by atoms with Crippen LogP contribution in [-0.4, -0.2) is 6.54 Å². The van der Waals surface area contributed by atoms with Gasteiger partial charge in [0.1, 0.15) is 0 Å². The van der Waals surface area contributed by atoms with E-state index in [4.69, 9.17) is 11.6 Å². The number of aryl methyl sites for hydroxylation is 1.